The fraction of sp³-hybridized carbons (Fsp3) is 0.0741. The number of methoxy groups -OCH3 is 2. The van der Waals surface area contributed by atoms with E-state index < -0.39 is 5.97 Å². The Balaban J connectivity index is 1.53. The highest BCUT2D eigenvalue weighted by molar-refractivity contribution is 7.80. The number of anilines is 1. The van der Waals surface area contributed by atoms with Gasteiger partial charge in [0.15, 0.2) is 5.11 Å². The largest absolute Gasteiger partial charge is 0.497 e. The molecule has 2 N–H and O–H groups in total. The smallest absolute Gasteiger partial charge is 0.343 e. The van der Waals surface area contributed by atoms with Crippen LogP contribution in [0.2, 0.25) is 0 Å². The van der Waals surface area contributed by atoms with E-state index in [0.29, 0.717) is 27.7 Å². The van der Waals surface area contributed by atoms with E-state index >= 15 is 0 Å². The molecular weight excluding hydrogens is 462 g/mol. The minimum absolute atomic E-state index is 0.309. The average molecular weight is 486 g/mol. The lowest BCUT2D eigenvalue weighted by Crippen LogP contribution is -2.23. The number of carbonyl (C=O) groups is 1. The van der Waals surface area contributed by atoms with Gasteiger partial charge in [-0.1, -0.05) is 30.3 Å². The lowest BCUT2D eigenvalue weighted by atomic mass is 10.0. The average Bonchev–Trinajstić information content (AvgIpc) is 2.90. The molecule has 0 unspecified atom stereocenters. The summed E-state index contributed by atoms with van der Waals surface area (Å²) in [6.07, 6.45) is 1.58. The summed E-state index contributed by atoms with van der Waals surface area (Å²) in [5, 5.41) is 9.50. The van der Waals surface area contributed by atoms with Gasteiger partial charge in [0.05, 0.1) is 26.0 Å². The standard InChI is InChI=1S/C27H23N3O4S/c1-32-21-12-7-19(8-13-21)26(31)34-25-16-9-18-5-3-4-6-23(18)24(25)17-28-30-27(35)29-20-10-14-22(33-2)15-11-20/h3-17H,1-2H3,(H2,29,30,35)/b28-17-. The van der Waals surface area contributed by atoms with Gasteiger partial charge in [-0.2, -0.15) is 5.10 Å². The summed E-state index contributed by atoms with van der Waals surface area (Å²) in [4.78, 5) is 12.8. The topological polar surface area (TPSA) is 81.2 Å². The van der Waals surface area contributed by atoms with Crippen LogP contribution in [-0.4, -0.2) is 31.5 Å². The number of carbonyl (C=O) groups excluding carboxylic acids is 1. The number of fused-ring (bicyclic) bond motifs is 1. The van der Waals surface area contributed by atoms with Gasteiger partial charge in [0.25, 0.3) is 0 Å². The number of rotatable bonds is 7. The highest BCUT2D eigenvalue weighted by Gasteiger charge is 2.14. The lowest BCUT2D eigenvalue weighted by molar-refractivity contribution is 0.0734. The molecule has 8 heteroatoms. The van der Waals surface area contributed by atoms with Gasteiger partial charge in [0, 0.05) is 11.3 Å². The van der Waals surface area contributed by atoms with E-state index in [0.717, 1.165) is 22.2 Å². The number of thiocarbonyl (C=S) groups is 1. The number of benzene rings is 4. The van der Waals surface area contributed by atoms with Gasteiger partial charge >= 0.3 is 5.97 Å². The Morgan fingerprint density at radius 1 is 0.857 bits per heavy atom. The van der Waals surface area contributed by atoms with E-state index in [-0.39, 0.29) is 0 Å². The Kier molecular flexibility index (Phi) is 7.54. The Bertz CT molecular complexity index is 1370. The monoisotopic (exact) mass is 485 g/mol. The fourth-order valence-electron chi connectivity index (χ4n) is 3.37. The van der Waals surface area contributed by atoms with Crippen LogP contribution < -0.4 is 25.0 Å². The van der Waals surface area contributed by atoms with E-state index in [4.69, 9.17) is 26.4 Å². The van der Waals surface area contributed by atoms with E-state index in [1.54, 1.807) is 50.8 Å². The highest BCUT2D eigenvalue weighted by Crippen LogP contribution is 2.27. The molecule has 0 amide bonds. The van der Waals surface area contributed by atoms with Crippen molar-refractivity contribution in [1.29, 1.82) is 0 Å². The molecule has 0 spiro atoms. The molecule has 0 bridgehead atoms. The molecule has 0 aliphatic heterocycles. The van der Waals surface area contributed by atoms with Crippen LogP contribution in [0.3, 0.4) is 0 Å². The maximum absolute atomic E-state index is 12.8. The van der Waals surface area contributed by atoms with Crippen LogP contribution in [0, 0.1) is 0 Å². The number of hydrogen-bond acceptors (Lipinski definition) is 6. The Morgan fingerprint density at radius 3 is 2.20 bits per heavy atom. The molecule has 0 fully saturated rings. The first-order valence-electron chi connectivity index (χ1n) is 10.7. The van der Waals surface area contributed by atoms with E-state index in [1.807, 2.05) is 54.6 Å². The van der Waals surface area contributed by atoms with Crippen molar-refractivity contribution in [2.45, 2.75) is 0 Å². The maximum Gasteiger partial charge on any atom is 0.343 e. The molecule has 0 aromatic heterocycles. The van der Waals surface area contributed by atoms with Gasteiger partial charge < -0.3 is 19.5 Å². The molecule has 7 nitrogen and oxygen atoms in total. The van der Waals surface area contributed by atoms with Crippen molar-refractivity contribution in [2.24, 2.45) is 5.10 Å². The van der Waals surface area contributed by atoms with Crippen LogP contribution in [0.25, 0.3) is 10.8 Å². The van der Waals surface area contributed by atoms with Crippen LogP contribution in [0.1, 0.15) is 15.9 Å². The maximum atomic E-state index is 12.8. The van der Waals surface area contributed by atoms with Crippen molar-refractivity contribution >= 4 is 46.0 Å². The fourth-order valence-corrected chi connectivity index (χ4v) is 3.54. The first kappa shape index (κ1) is 23.7. The van der Waals surface area contributed by atoms with Gasteiger partial charge in [0.1, 0.15) is 17.2 Å². The Labute approximate surface area is 208 Å². The first-order chi connectivity index (χ1) is 17.1. The van der Waals surface area contributed by atoms with Crippen LogP contribution in [0.15, 0.2) is 90.0 Å². The quantitative estimate of drug-likeness (QED) is 0.119. The number of esters is 1. The molecule has 0 aliphatic carbocycles. The van der Waals surface area contributed by atoms with Gasteiger partial charge in [-0.05, 0) is 77.6 Å². The van der Waals surface area contributed by atoms with Crippen LogP contribution in [0.4, 0.5) is 5.69 Å². The summed E-state index contributed by atoms with van der Waals surface area (Å²) in [7, 11) is 3.18. The van der Waals surface area contributed by atoms with Crippen molar-refractivity contribution in [3.8, 4) is 17.2 Å². The third kappa shape index (κ3) is 5.93. The molecule has 0 radical (unpaired) electrons. The molecule has 0 aliphatic rings. The zero-order valence-electron chi connectivity index (χ0n) is 19.1. The molecule has 0 saturated heterocycles. The predicted octanol–water partition coefficient (Wildman–Crippen LogP) is 5.40. The Morgan fingerprint density at radius 2 is 1.51 bits per heavy atom. The summed E-state index contributed by atoms with van der Waals surface area (Å²) in [6.45, 7) is 0. The molecule has 176 valence electrons. The van der Waals surface area contributed by atoms with Gasteiger partial charge in [-0.25, -0.2) is 4.79 Å². The number of hydrazone groups is 1. The summed E-state index contributed by atoms with van der Waals surface area (Å²) in [6, 6.07) is 25.5. The van der Waals surface area contributed by atoms with Gasteiger partial charge in [-0.3, -0.25) is 5.43 Å². The molecule has 4 aromatic carbocycles. The van der Waals surface area contributed by atoms with Crippen molar-refractivity contribution in [2.75, 3.05) is 19.5 Å². The van der Waals surface area contributed by atoms with Crippen molar-refractivity contribution in [3.63, 3.8) is 0 Å². The highest BCUT2D eigenvalue weighted by atomic mass is 32.1. The number of nitrogens with zero attached hydrogens (tertiary/aromatic N) is 1. The Hall–Kier alpha value is -4.43. The van der Waals surface area contributed by atoms with E-state index in [9.17, 15) is 4.79 Å². The molecule has 4 rings (SSSR count). The molecule has 0 heterocycles. The molecule has 0 saturated carbocycles. The van der Waals surface area contributed by atoms with Crippen molar-refractivity contribution in [3.05, 3.63) is 96.1 Å². The minimum Gasteiger partial charge on any atom is -0.497 e. The third-order valence-electron chi connectivity index (χ3n) is 5.17. The summed E-state index contributed by atoms with van der Waals surface area (Å²) >= 11 is 5.33. The van der Waals surface area contributed by atoms with Crippen LogP contribution in [-0.2, 0) is 0 Å². The summed E-state index contributed by atoms with van der Waals surface area (Å²) in [5.74, 6) is 1.30. The second-order valence-electron chi connectivity index (χ2n) is 7.37. The summed E-state index contributed by atoms with van der Waals surface area (Å²) < 4.78 is 16.0. The van der Waals surface area contributed by atoms with E-state index in [2.05, 4.69) is 15.8 Å². The SMILES string of the molecule is COc1ccc(NC(=S)N/N=C\c2c(OC(=O)c3ccc(OC)cc3)ccc3ccccc23)cc1. The van der Waals surface area contributed by atoms with Crippen LogP contribution >= 0.6 is 12.2 Å². The molecule has 0 atom stereocenters. The van der Waals surface area contributed by atoms with Gasteiger partial charge in [-0.15, -0.1) is 0 Å². The third-order valence-corrected chi connectivity index (χ3v) is 5.36. The molecular formula is C27H23N3O4S. The first-order valence-corrected chi connectivity index (χ1v) is 11.1. The van der Waals surface area contributed by atoms with Gasteiger partial charge in [0.2, 0.25) is 0 Å². The summed E-state index contributed by atoms with van der Waals surface area (Å²) in [5.41, 5.74) is 4.64. The molecule has 4 aromatic rings. The predicted molar refractivity (Wildman–Crippen MR) is 142 cm³/mol. The van der Waals surface area contributed by atoms with Crippen LogP contribution in [0.5, 0.6) is 17.2 Å². The normalized spacial score (nSPS) is 10.7. The zero-order valence-corrected chi connectivity index (χ0v) is 20.0. The number of ether oxygens (including phenoxy) is 3. The number of nitrogens with one attached hydrogen (secondary N) is 2. The van der Waals surface area contributed by atoms with E-state index in [1.165, 1.54) is 0 Å². The zero-order chi connectivity index (χ0) is 24.6. The minimum atomic E-state index is -0.484. The second-order valence-corrected chi connectivity index (χ2v) is 7.78. The van der Waals surface area contributed by atoms with Crippen molar-refractivity contribution in [1.82, 2.24) is 5.43 Å². The second kappa shape index (κ2) is 11.1. The van der Waals surface area contributed by atoms with Crippen molar-refractivity contribution < 1.29 is 19.0 Å². The molecule has 35 heavy (non-hydrogen) atoms. The lowest BCUT2D eigenvalue weighted by Gasteiger charge is -2.11. The number of hydrogen-bond donors (Lipinski definition) is 2.